The lowest BCUT2D eigenvalue weighted by molar-refractivity contribution is 0.263. The molecule has 1 aliphatic rings. The molecular formula is C16H26Cl2N2O2S. The number of nitrogens with one attached hydrogen (secondary N) is 1. The summed E-state index contributed by atoms with van der Waals surface area (Å²) in [4.78, 5) is 0.241. The molecule has 1 N–H and O–H groups in total. The van der Waals surface area contributed by atoms with Crippen LogP contribution in [0.4, 0.5) is 0 Å². The minimum atomic E-state index is -3.53. The minimum absolute atomic E-state index is 0. The highest BCUT2D eigenvalue weighted by Crippen LogP contribution is 2.30. The summed E-state index contributed by atoms with van der Waals surface area (Å²) in [5.74, 6) is 0.630. The van der Waals surface area contributed by atoms with Crippen molar-refractivity contribution in [1.29, 1.82) is 0 Å². The van der Waals surface area contributed by atoms with E-state index in [1.54, 1.807) is 16.4 Å². The summed E-state index contributed by atoms with van der Waals surface area (Å²) in [6.45, 7) is 6.06. The number of sulfonamides is 1. The zero-order valence-electron chi connectivity index (χ0n) is 13.9. The Morgan fingerprint density at radius 2 is 2.09 bits per heavy atom. The van der Waals surface area contributed by atoms with E-state index < -0.39 is 10.0 Å². The second-order valence-electron chi connectivity index (χ2n) is 6.27. The van der Waals surface area contributed by atoms with Crippen LogP contribution in [0, 0.1) is 5.92 Å². The molecular weight excluding hydrogens is 355 g/mol. The van der Waals surface area contributed by atoms with E-state index in [1.807, 2.05) is 27.0 Å². The van der Waals surface area contributed by atoms with Crippen LogP contribution in [-0.2, 0) is 10.0 Å². The number of rotatable bonds is 5. The van der Waals surface area contributed by atoms with Crippen molar-refractivity contribution in [2.75, 3.05) is 26.7 Å². The molecule has 1 heterocycles. The molecule has 0 radical (unpaired) electrons. The third kappa shape index (κ3) is 4.83. The van der Waals surface area contributed by atoms with Gasteiger partial charge in [0.1, 0.15) is 4.90 Å². The van der Waals surface area contributed by atoms with Crippen molar-refractivity contribution in [2.45, 2.75) is 37.5 Å². The maximum absolute atomic E-state index is 13.0. The SMILES string of the molecule is CNCC1CCCN(S(=O)(=O)c2cc(C(C)C)ccc2Cl)C1.Cl. The van der Waals surface area contributed by atoms with Crippen LogP contribution in [0.3, 0.4) is 0 Å². The van der Waals surface area contributed by atoms with Gasteiger partial charge < -0.3 is 5.32 Å². The van der Waals surface area contributed by atoms with Crippen molar-refractivity contribution >= 4 is 34.0 Å². The standard InChI is InChI=1S/C16H25ClN2O2S.ClH/c1-12(2)14-6-7-15(17)16(9-14)22(20,21)19-8-4-5-13(11-19)10-18-3;/h6-7,9,12-13,18H,4-5,8,10-11H2,1-3H3;1H. The third-order valence-corrected chi connectivity index (χ3v) is 6.56. The topological polar surface area (TPSA) is 49.4 Å². The Morgan fingerprint density at radius 3 is 2.70 bits per heavy atom. The van der Waals surface area contributed by atoms with Crippen LogP contribution in [0.15, 0.2) is 23.1 Å². The van der Waals surface area contributed by atoms with Gasteiger partial charge in [0.05, 0.1) is 5.02 Å². The number of halogens is 2. The van der Waals surface area contributed by atoms with Crippen molar-refractivity contribution in [1.82, 2.24) is 9.62 Å². The van der Waals surface area contributed by atoms with Crippen molar-refractivity contribution in [3.05, 3.63) is 28.8 Å². The van der Waals surface area contributed by atoms with Crippen LogP contribution in [0.25, 0.3) is 0 Å². The Morgan fingerprint density at radius 1 is 1.39 bits per heavy atom. The minimum Gasteiger partial charge on any atom is -0.319 e. The molecule has 1 aliphatic heterocycles. The molecule has 0 spiro atoms. The second kappa shape index (κ2) is 8.67. The first-order valence-electron chi connectivity index (χ1n) is 7.80. The lowest BCUT2D eigenvalue weighted by atomic mass is 10.00. The monoisotopic (exact) mass is 380 g/mol. The average Bonchev–Trinajstić information content (AvgIpc) is 2.48. The predicted octanol–water partition coefficient (Wildman–Crippen LogP) is 3.51. The first-order chi connectivity index (χ1) is 10.4. The van der Waals surface area contributed by atoms with Crippen molar-refractivity contribution in [3.8, 4) is 0 Å². The number of benzene rings is 1. The number of piperidine rings is 1. The van der Waals surface area contributed by atoms with Crippen molar-refractivity contribution in [3.63, 3.8) is 0 Å². The molecule has 1 atom stereocenters. The van der Waals surface area contributed by atoms with Crippen LogP contribution in [0.1, 0.15) is 38.2 Å². The molecule has 0 aliphatic carbocycles. The van der Waals surface area contributed by atoms with Gasteiger partial charge in [-0.1, -0.05) is 31.5 Å². The van der Waals surface area contributed by atoms with E-state index >= 15 is 0 Å². The van der Waals surface area contributed by atoms with E-state index in [1.165, 1.54) is 0 Å². The predicted molar refractivity (Wildman–Crippen MR) is 98.2 cm³/mol. The summed E-state index contributed by atoms with van der Waals surface area (Å²) in [5, 5.41) is 3.44. The zero-order chi connectivity index (χ0) is 16.3. The highest BCUT2D eigenvalue weighted by atomic mass is 35.5. The summed E-state index contributed by atoms with van der Waals surface area (Å²) in [6, 6.07) is 5.31. The van der Waals surface area contributed by atoms with Gasteiger partial charge in [0.25, 0.3) is 0 Å². The summed E-state index contributed by atoms with van der Waals surface area (Å²) in [5.41, 5.74) is 0.992. The molecule has 0 saturated carbocycles. The van der Waals surface area contributed by atoms with Gasteiger partial charge in [-0.15, -0.1) is 12.4 Å². The molecule has 0 aromatic heterocycles. The van der Waals surface area contributed by atoms with Gasteiger partial charge in [-0.3, -0.25) is 0 Å². The second-order valence-corrected chi connectivity index (χ2v) is 8.59. The fourth-order valence-electron chi connectivity index (χ4n) is 2.92. The molecule has 4 nitrogen and oxygen atoms in total. The maximum atomic E-state index is 13.0. The van der Waals surface area contributed by atoms with E-state index in [2.05, 4.69) is 5.32 Å². The molecule has 2 rings (SSSR count). The van der Waals surface area contributed by atoms with Crippen molar-refractivity contribution in [2.24, 2.45) is 5.92 Å². The third-order valence-electron chi connectivity index (χ3n) is 4.21. The summed E-state index contributed by atoms with van der Waals surface area (Å²) >= 11 is 6.18. The Balaban J connectivity index is 0.00000264. The smallest absolute Gasteiger partial charge is 0.244 e. The van der Waals surface area contributed by atoms with E-state index in [9.17, 15) is 8.42 Å². The Kier molecular flexibility index (Phi) is 7.81. The van der Waals surface area contributed by atoms with Crippen LogP contribution in [0.5, 0.6) is 0 Å². The molecule has 1 unspecified atom stereocenters. The lowest BCUT2D eigenvalue weighted by Gasteiger charge is -2.32. The molecule has 1 aromatic rings. The number of hydrogen-bond acceptors (Lipinski definition) is 3. The normalized spacial score (nSPS) is 19.6. The summed E-state index contributed by atoms with van der Waals surface area (Å²) in [7, 11) is -1.63. The number of nitrogens with zero attached hydrogens (tertiary/aromatic N) is 1. The Hall–Kier alpha value is -0.330. The molecule has 23 heavy (non-hydrogen) atoms. The van der Waals surface area contributed by atoms with E-state index in [0.717, 1.165) is 24.9 Å². The first kappa shape index (κ1) is 20.7. The molecule has 0 bridgehead atoms. The Bertz CT molecular complexity index is 619. The van der Waals surface area contributed by atoms with Crippen LogP contribution in [-0.4, -0.2) is 39.4 Å². The molecule has 132 valence electrons. The molecule has 0 amide bonds. The van der Waals surface area contributed by atoms with Gasteiger partial charge in [-0.2, -0.15) is 4.31 Å². The zero-order valence-corrected chi connectivity index (χ0v) is 16.3. The highest BCUT2D eigenvalue weighted by Gasteiger charge is 2.31. The lowest BCUT2D eigenvalue weighted by Crippen LogP contribution is -2.42. The van der Waals surface area contributed by atoms with Crippen molar-refractivity contribution < 1.29 is 8.42 Å². The van der Waals surface area contributed by atoms with Gasteiger partial charge in [0.15, 0.2) is 0 Å². The van der Waals surface area contributed by atoms with Gasteiger partial charge in [-0.25, -0.2) is 8.42 Å². The molecule has 1 aromatic carbocycles. The first-order valence-corrected chi connectivity index (χ1v) is 9.62. The van der Waals surface area contributed by atoms with Gasteiger partial charge in [0.2, 0.25) is 10.0 Å². The quantitative estimate of drug-likeness (QED) is 0.849. The molecule has 7 heteroatoms. The van der Waals surface area contributed by atoms with Crippen LogP contribution in [0.2, 0.25) is 5.02 Å². The maximum Gasteiger partial charge on any atom is 0.244 e. The summed E-state index contributed by atoms with van der Waals surface area (Å²) in [6.07, 6.45) is 1.96. The Labute approximate surface area is 151 Å². The largest absolute Gasteiger partial charge is 0.319 e. The van der Waals surface area contributed by atoms with Gasteiger partial charge >= 0.3 is 0 Å². The van der Waals surface area contributed by atoms with Crippen LogP contribution < -0.4 is 5.32 Å². The molecule has 1 fully saturated rings. The fourth-order valence-corrected chi connectivity index (χ4v) is 4.98. The highest BCUT2D eigenvalue weighted by molar-refractivity contribution is 7.89. The molecule has 1 saturated heterocycles. The van der Waals surface area contributed by atoms with E-state index in [-0.39, 0.29) is 23.2 Å². The van der Waals surface area contributed by atoms with E-state index in [0.29, 0.717) is 24.0 Å². The fraction of sp³-hybridized carbons (Fsp3) is 0.625. The number of hydrogen-bond donors (Lipinski definition) is 1. The van der Waals surface area contributed by atoms with Gasteiger partial charge in [-0.05, 0) is 56.0 Å². The summed E-state index contributed by atoms with van der Waals surface area (Å²) < 4.78 is 27.5. The van der Waals surface area contributed by atoms with Crippen LogP contribution >= 0.6 is 24.0 Å². The van der Waals surface area contributed by atoms with E-state index in [4.69, 9.17) is 11.6 Å². The average molecular weight is 381 g/mol. The van der Waals surface area contributed by atoms with Gasteiger partial charge in [0, 0.05) is 13.1 Å².